The van der Waals surface area contributed by atoms with Gasteiger partial charge in [-0.15, -0.1) is 16.8 Å². The molecular weight excluding hydrogens is 296 g/mol. The number of nitrogens with one attached hydrogen (secondary N) is 1. The first-order valence-corrected chi connectivity index (χ1v) is 9.06. The highest BCUT2D eigenvalue weighted by atomic mass is 32.2. The van der Waals surface area contributed by atoms with Gasteiger partial charge >= 0.3 is 0 Å². The number of rotatable bonds is 7. The van der Waals surface area contributed by atoms with Gasteiger partial charge in [-0.3, -0.25) is 4.79 Å². The molecule has 2 rings (SSSR count). The Morgan fingerprint density at radius 1 is 1.41 bits per heavy atom. The maximum Gasteiger partial charge on any atom is 0.230 e. The molecule has 0 radical (unpaired) electrons. The van der Waals surface area contributed by atoms with Gasteiger partial charge in [0.05, 0.1) is 5.75 Å². The molecule has 1 N–H and O–H groups in total. The van der Waals surface area contributed by atoms with Crippen molar-refractivity contribution < 1.29 is 4.79 Å². The van der Waals surface area contributed by atoms with Gasteiger partial charge in [-0.05, 0) is 26.7 Å². The van der Waals surface area contributed by atoms with Crippen LogP contribution in [0.15, 0.2) is 17.8 Å². The van der Waals surface area contributed by atoms with Crippen LogP contribution in [0, 0.1) is 0 Å². The second-order valence-electron chi connectivity index (χ2n) is 6.09. The highest BCUT2D eigenvalue weighted by molar-refractivity contribution is 7.99. The van der Waals surface area contributed by atoms with Crippen LogP contribution in [-0.4, -0.2) is 32.5 Å². The van der Waals surface area contributed by atoms with Gasteiger partial charge in [0.25, 0.3) is 0 Å². The number of hydrogen-bond acceptors (Lipinski definition) is 4. The Morgan fingerprint density at radius 3 is 2.77 bits per heavy atom. The van der Waals surface area contributed by atoms with E-state index in [1.807, 2.05) is 19.9 Å². The number of carbonyl (C=O) groups excluding carboxylic acids is 1. The summed E-state index contributed by atoms with van der Waals surface area (Å²) in [6, 6.07) is 0.164. The molecule has 1 aromatic heterocycles. The van der Waals surface area contributed by atoms with E-state index in [1.165, 1.54) is 43.9 Å². The normalized spacial score (nSPS) is 16.0. The average molecular weight is 322 g/mol. The van der Waals surface area contributed by atoms with Gasteiger partial charge in [-0.2, -0.15) is 0 Å². The second-order valence-corrected chi connectivity index (χ2v) is 7.03. The van der Waals surface area contributed by atoms with Crippen molar-refractivity contribution in [1.82, 2.24) is 20.1 Å². The molecule has 0 saturated heterocycles. The van der Waals surface area contributed by atoms with Crippen LogP contribution in [0.5, 0.6) is 0 Å². The summed E-state index contributed by atoms with van der Waals surface area (Å²) in [5, 5.41) is 12.4. The third kappa shape index (κ3) is 4.60. The Morgan fingerprint density at radius 2 is 2.14 bits per heavy atom. The summed E-state index contributed by atoms with van der Waals surface area (Å²) < 4.78 is 2.12. The van der Waals surface area contributed by atoms with E-state index in [2.05, 4.69) is 26.7 Å². The zero-order chi connectivity index (χ0) is 15.9. The lowest BCUT2D eigenvalue weighted by atomic mass is 9.89. The van der Waals surface area contributed by atoms with Crippen LogP contribution in [0.25, 0.3) is 0 Å². The highest BCUT2D eigenvalue weighted by Crippen LogP contribution is 2.33. The van der Waals surface area contributed by atoms with Crippen LogP contribution in [0.4, 0.5) is 0 Å². The fourth-order valence-corrected chi connectivity index (χ4v) is 3.63. The Bertz CT molecular complexity index is 506. The number of hydrogen-bond donors (Lipinski definition) is 1. The quantitative estimate of drug-likeness (QED) is 0.619. The molecule has 0 aliphatic heterocycles. The predicted octanol–water partition coefficient (Wildman–Crippen LogP) is 3.13. The van der Waals surface area contributed by atoms with Crippen molar-refractivity contribution in [3.05, 3.63) is 18.5 Å². The Labute approximate surface area is 137 Å². The first-order valence-electron chi connectivity index (χ1n) is 8.08. The minimum atomic E-state index is 0.0346. The Balaban J connectivity index is 2.05. The van der Waals surface area contributed by atoms with Gasteiger partial charge in [-0.1, -0.05) is 37.1 Å². The van der Waals surface area contributed by atoms with Crippen LogP contribution >= 0.6 is 11.8 Å². The Kier molecular flexibility index (Phi) is 6.49. The third-order valence-corrected chi connectivity index (χ3v) is 4.78. The molecule has 1 heterocycles. The van der Waals surface area contributed by atoms with E-state index in [0.29, 0.717) is 18.2 Å². The second kappa shape index (κ2) is 8.36. The van der Waals surface area contributed by atoms with Crippen LogP contribution < -0.4 is 5.32 Å². The number of thioether (sulfide) groups is 1. The molecule has 0 aromatic carbocycles. The fraction of sp³-hybridized carbons (Fsp3) is 0.688. The molecule has 0 bridgehead atoms. The summed E-state index contributed by atoms with van der Waals surface area (Å²) in [4.78, 5) is 11.8. The molecule has 122 valence electrons. The van der Waals surface area contributed by atoms with E-state index >= 15 is 0 Å². The minimum Gasteiger partial charge on any atom is -0.353 e. The SMILES string of the molecule is C=CCn1c(SCC(=O)NC(C)C)nnc1C1CCCCC1. The standard InChI is InChI=1S/C16H26N4OS/c1-4-10-20-15(13-8-6-5-7-9-13)18-19-16(20)22-11-14(21)17-12(2)3/h4,12-13H,1,5-11H2,2-3H3,(H,17,21). The van der Waals surface area contributed by atoms with Crippen molar-refractivity contribution in [2.24, 2.45) is 0 Å². The summed E-state index contributed by atoms with van der Waals surface area (Å²) >= 11 is 1.45. The largest absolute Gasteiger partial charge is 0.353 e. The molecule has 1 aliphatic carbocycles. The van der Waals surface area contributed by atoms with E-state index in [-0.39, 0.29) is 11.9 Å². The van der Waals surface area contributed by atoms with Gasteiger partial charge in [0.2, 0.25) is 5.91 Å². The summed E-state index contributed by atoms with van der Waals surface area (Å²) in [5.74, 6) is 1.97. The monoisotopic (exact) mass is 322 g/mol. The molecule has 6 heteroatoms. The topological polar surface area (TPSA) is 59.8 Å². The first-order chi connectivity index (χ1) is 10.6. The van der Waals surface area contributed by atoms with E-state index in [0.717, 1.165) is 11.0 Å². The first kappa shape index (κ1) is 17.1. The molecule has 22 heavy (non-hydrogen) atoms. The molecule has 1 aromatic rings. The predicted molar refractivity (Wildman–Crippen MR) is 90.0 cm³/mol. The van der Waals surface area contributed by atoms with Crippen LogP contribution in [-0.2, 0) is 11.3 Å². The van der Waals surface area contributed by atoms with E-state index in [9.17, 15) is 4.79 Å². The fourth-order valence-electron chi connectivity index (χ4n) is 2.86. The number of nitrogens with zero attached hydrogens (tertiary/aromatic N) is 3. The van der Waals surface area contributed by atoms with E-state index in [1.54, 1.807) is 0 Å². The molecule has 1 aliphatic rings. The van der Waals surface area contributed by atoms with Crippen molar-refractivity contribution in [2.45, 2.75) is 69.6 Å². The van der Waals surface area contributed by atoms with Crippen LogP contribution in [0.1, 0.15) is 57.7 Å². The van der Waals surface area contributed by atoms with Crippen molar-refractivity contribution in [3.8, 4) is 0 Å². The van der Waals surface area contributed by atoms with Crippen molar-refractivity contribution >= 4 is 17.7 Å². The van der Waals surface area contributed by atoms with E-state index < -0.39 is 0 Å². The van der Waals surface area contributed by atoms with Crippen molar-refractivity contribution in [1.29, 1.82) is 0 Å². The zero-order valence-corrected chi connectivity index (χ0v) is 14.4. The number of carbonyl (C=O) groups is 1. The lowest BCUT2D eigenvalue weighted by Gasteiger charge is -2.21. The summed E-state index contributed by atoms with van der Waals surface area (Å²) in [5.41, 5.74) is 0. The minimum absolute atomic E-state index is 0.0346. The molecule has 0 unspecified atom stereocenters. The van der Waals surface area contributed by atoms with Gasteiger partial charge < -0.3 is 9.88 Å². The van der Waals surface area contributed by atoms with Gasteiger partial charge in [0, 0.05) is 18.5 Å². The number of amides is 1. The van der Waals surface area contributed by atoms with Gasteiger partial charge in [0.1, 0.15) is 5.82 Å². The molecule has 0 atom stereocenters. The lowest BCUT2D eigenvalue weighted by Crippen LogP contribution is -2.31. The smallest absolute Gasteiger partial charge is 0.230 e. The molecule has 1 saturated carbocycles. The third-order valence-electron chi connectivity index (χ3n) is 3.81. The average Bonchev–Trinajstić information content (AvgIpc) is 2.89. The van der Waals surface area contributed by atoms with Gasteiger partial charge in [-0.25, -0.2) is 0 Å². The summed E-state index contributed by atoms with van der Waals surface area (Å²) in [6.07, 6.45) is 8.11. The Hall–Kier alpha value is -1.30. The summed E-state index contributed by atoms with van der Waals surface area (Å²) in [6.45, 7) is 8.46. The number of aromatic nitrogens is 3. The molecule has 1 amide bonds. The van der Waals surface area contributed by atoms with E-state index in [4.69, 9.17) is 0 Å². The van der Waals surface area contributed by atoms with Crippen LogP contribution in [0.2, 0.25) is 0 Å². The zero-order valence-electron chi connectivity index (χ0n) is 13.5. The maximum absolute atomic E-state index is 11.8. The summed E-state index contributed by atoms with van der Waals surface area (Å²) in [7, 11) is 0. The number of allylic oxidation sites excluding steroid dienone is 1. The van der Waals surface area contributed by atoms with Crippen LogP contribution in [0.3, 0.4) is 0 Å². The molecular formula is C16H26N4OS. The van der Waals surface area contributed by atoms with Crippen molar-refractivity contribution in [3.63, 3.8) is 0 Å². The maximum atomic E-state index is 11.8. The van der Waals surface area contributed by atoms with Gasteiger partial charge in [0.15, 0.2) is 5.16 Å². The molecule has 0 spiro atoms. The van der Waals surface area contributed by atoms with Crippen molar-refractivity contribution in [2.75, 3.05) is 5.75 Å². The molecule has 1 fully saturated rings. The molecule has 5 nitrogen and oxygen atoms in total. The highest BCUT2D eigenvalue weighted by Gasteiger charge is 2.23. The lowest BCUT2D eigenvalue weighted by molar-refractivity contribution is -0.119.